The quantitative estimate of drug-likeness (QED) is 0.547. The Morgan fingerprint density at radius 3 is 2.52 bits per heavy atom. The van der Waals surface area contributed by atoms with Gasteiger partial charge in [-0.3, -0.25) is 0 Å². The van der Waals surface area contributed by atoms with Gasteiger partial charge in [-0.15, -0.1) is 0 Å². The summed E-state index contributed by atoms with van der Waals surface area (Å²) < 4.78 is 39.4. The Bertz CT molecular complexity index is 1190. The second-order valence-electron chi connectivity index (χ2n) is 8.64. The first-order valence-electron chi connectivity index (χ1n) is 11.4. The van der Waals surface area contributed by atoms with Crippen molar-refractivity contribution in [1.82, 2.24) is 14.7 Å². The fourth-order valence-corrected chi connectivity index (χ4v) is 5.70. The summed E-state index contributed by atoms with van der Waals surface area (Å²) in [6, 6.07) is 14.5. The van der Waals surface area contributed by atoms with Gasteiger partial charge >= 0.3 is 0 Å². The molecule has 174 valence electrons. The highest BCUT2D eigenvalue weighted by Crippen LogP contribution is 2.25. The van der Waals surface area contributed by atoms with Crippen LogP contribution in [-0.2, 0) is 14.8 Å². The Kier molecular flexibility index (Phi) is 6.43. The molecule has 1 atom stereocenters. The summed E-state index contributed by atoms with van der Waals surface area (Å²) >= 11 is 0. The van der Waals surface area contributed by atoms with Crippen LogP contribution in [0.5, 0.6) is 5.75 Å². The van der Waals surface area contributed by atoms with Crippen LogP contribution in [0.25, 0.3) is 10.9 Å². The number of hydrogen-bond acceptors (Lipinski definition) is 7. The number of anilines is 1. The van der Waals surface area contributed by atoms with E-state index in [1.54, 1.807) is 24.3 Å². The van der Waals surface area contributed by atoms with Gasteiger partial charge in [-0.1, -0.05) is 18.2 Å². The van der Waals surface area contributed by atoms with Crippen molar-refractivity contribution in [3.05, 3.63) is 54.7 Å². The third-order valence-electron chi connectivity index (χ3n) is 6.18. The monoisotopic (exact) mass is 468 g/mol. The summed E-state index contributed by atoms with van der Waals surface area (Å²) in [5.74, 6) is 1.37. The molecule has 0 amide bonds. The van der Waals surface area contributed by atoms with Crippen LogP contribution in [0.1, 0.15) is 32.1 Å². The smallest absolute Gasteiger partial charge is 0.240 e. The lowest BCUT2D eigenvalue weighted by Crippen LogP contribution is -2.40. The van der Waals surface area contributed by atoms with E-state index >= 15 is 0 Å². The fraction of sp³-hybridized carbons (Fsp3) is 0.417. The molecule has 9 heteroatoms. The van der Waals surface area contributed by atoms with Crippen molar-refractivity contribution >= 4 is 26.9 Å². The van der Waals surface area contributed by atoms with E-state index in [1.807, 2.05) is 30.5 Å². The summed E-state index contributed by atoms with van der Waals surface area (Å²) in [7, 11) is -3.49. The number of rotatable bonds is 7. The number of aromatic nitrogens is 2. The molecule has 2 fully saturated rings. The molecule has 33 heavy (non-hydrogen) atoms. The second kappa shape index (κ2) is 9.62. The van der Waals surface area contributed by atoms with Crippen molar-refractivity contribution < 1.29 is 17.9 Å². The maximum Gasteiger partial charge on any atom is 0.240 e. The Morgan fingerprint density at radius 1 is 0.970 bits per heavy atom. The van der Waals surface area contributed by atoms with Crippen molar-refractivity contribution in [1.29, 1.82) is 0 Å². The zero-order valence-corrected chi connectivity index (χ0v) is 19.1. The van der Waals surface area contributed by atoms with Gasteiger partial charge in [0.25, 0.3) is 0 Å². The van der Waals surface area contributed by atoms with Crippen molar-refractivity contribution in [2.75, 3.05) is 18.5 Å². The van der Waals surface area contributed by atoms with Crippen LogP contribution in [0.3, 0.4) is 0 Å². The Labute approximate surface area is 193 Å². The number of sulfonamides is 1. The van der Waals surface area contributed by atoms with E-state index in [1.165, 1.54) is 0 Å². The van der Waals surface area contributed by atoms with E-state index in [0.717, 1.165) is 55.4 Å². The van der Waals surface area contributed by atoms with Gasteiger partial charge < -0.3 is 14.8 Å². The summed E-state index contributed by atoms with van der Waals surface area (Å²) in [6.07, 6.45) is 6.02. The van der Waals surface area contributed by atoms with Gasteiger partial charge in [0.05, 0.1) is 23.6 Å². The topological polar surface area (TPSA) is 102 Å². The van der Waals surface area contributed by atoms with Crippen LogP contribution in [0, 0.1) is 0 Å². The minimum Gasteiger partial charge on any atom is -0.488 e. The molecule has 0 radical (unpaired) electrons. The first-order valence-corrected chi connectivity index (χ1v) is 12.9. The Morgan fingerprint density at radius 2 is 1.76 bits per heavy atom. The molecule has 5 rings (SSSR count). The van der Waals surface area contributed by atoms with Crippen molar-refractivity contribution in [3.8, 4) is 5.75 Å². The van der Waals surface area contributed by atoms with Gasteiger partial charge in [0.2, 0.25) is 16.0 Å². The van der Waals surface area contributed by atoms with E-state index in [0.29, 0.717) is 17.5 Å². The van der Waals surface area contributed by atoms with Crippen LogP contribution in [0.15, 0.2) is 59.6 Å². The Hall–Kier alpha value is -2.75. The van der Waals surface area contributed by atoms with Crippen LogP contribution in [0.2, 0.25) is 0 Å². The van der Waals surface area contributed by atoms with Crippen molar-refractivity contribution in [2.24, 2.45) is 0 Å². The average molecular weight is 469 g/mol. The molecule has 1 unspecified atom stereocenters. The molecule has 1 saturated heterocycles. The zero-order chi connectivity index (χ0) is 22.7. The van der Waals surface area contributed by atoms with E-state index < -0.39 is 10.0 Å². The van der Waals surface area contributed by atoms with Crippen LogP contribution < -0.4 is 14.8 Å². The molecule has 8 nitrogen and oxygen atoms in total. The molecule has 3 aromatic rings. The molecular formula is C24H28N4O4S. The summed E-state index contributed by atoms with van der Waals surface area (Å²) in [4.78, 5) is 9.44. The standard InChI is InChI=1S/C24H28N4O4S/c29-33(30,22-4-2-1-3-5-22)28-19-9-7-18(8-10-19)26-24-25-15-17-6-11-20(14-23(17)27-24)32-21-12-13-31-16-21/h1-6,11,14-15,18-19,21,28H,7-10,12-13,16H2,(H,25,26,27). The van der Waals surface area contributed by atoms with Crippen LogP contribution in [-0.4, -0.2) is 49.8 Å². The highest BCUT2D eigenvalue weighted by Gasteiger charge is 2.26. The summed E-state index contributed by atoms with van der Waals surface area (Å²) in [5.41, 5.74) is 0.827. The van der Waals surface area contributed by atoms with Gasteiger partial charge in [0, 0.05) is 36.2 Å². The van der Waals surface area contributed by atoms with Crippen molar-refractivity contribution in [3.63, 3.8) is 0 Å². The van der Waals surface area contributed by atoms with E-state index in [4.69, 9.17) is 9.47 Å². The summed E-state index contributed by atoms with van der Waals surface area (Å²) in [5, 5.41) is 4.37. The third-order valence-corrected chi connectivity index (χ3v) is 7.72. The molecular weight excluding hydrogens is 440 g/mol. The highest BCUT2D eigenvalue weighted by atomic mass is 32.2. The molecule has 2 N–H and O–H groups in total. The van der Waals surface area contributed by atoms with Crippen LogP contribution >= 0.6 is 0 Å². The summed E-state index contributed by atoms with van der Waals surface area (Å²) in [6.45, 7) is 1.36. The first kappa shape index (κ1) is 22.1. The number of nitrogens with zero attached hydrogens (tertiary/aromatic N) is 2. The highest BCUT2D eigenvalue weighted by molar-refractivity contribution is 7.89. The predicted molar refractivity (Wildman–Crippen MR) is 126 cm³/mol. The average Bonchev–Trinajstić information content (AvgIpc) is 3.34. The van der Waals surface area contributed by atoms with Gasteiger partial charge in [-0.05, 0) is 49.9 Å². The normalized spacial score (nSPS) is 23.5. The van der Waals surface area contributed by atoms with Gasteiger partial charge in [-0.2, -0.15) is 0 Å². The maximum atomic E-state index is 12.6. The number of benzene rings is 2. The second-order valence-corrected chi connectivity index (χ2v) is 10.4. The number of fused-ring (bicyclic) bond motifs is 1. The molecule has 1 aromatic heterocycles. The van der Waals surface area contributed by atoms with Crippen molar-refractivity contribution in [2.45, 2.75) is 55.2 Å². The molecule has 0 bridgehead atoms. The van der Waals surface area contributed by atoms with E-state index in [9.17, 15) is 8.42 Å². The van der Waals surface area contributed by atoms with E-state index in [-0.39, 0.29) is 18.2 Å². The Balaban J connectivity index is 1.18. The number of hydrogen-bond donors (Lipinski definition) is 2. The lowest BCUT2D eigenvalue weighted by molar-refractivity contribution is 0.141. The van der Waals surface area contributed by atoms with Gasteiger partial charge in [0.1, 0.15) is 11.9 Å². The lowest BCUT2D eigenvalue weighted by Gasteiger charge is -2.29. The molecule has 1 aliphatic heterocycles. The fourth-order valence-electron chi connectivity index (χ4n) is 4.37. The van der Waals surface area contributed by atoms with Gasteiger partial charge in [-0.25, -0.2) is 23.1 Å². The predicted octanol–water partition coefficient (Wildman–Crippen LogP) is 3.50. The first-order chi connectivity index (χ1) is 16.0. The molecule has 1 aliphatic carbocycles. The number of nitrogens with one attached hydrogen (secondary N) is 2. The minimum atomic E-state index is -3.49. The van der Waals surface area contributed by atoms with Crippen LogP contribution in [0.4, 0.5) is 5.95 Å². The lowest BCUT2D eigenvalue weighted by atomic mass is 9.92. The number of ether oxygens (including phenoxy) is 2. The molecule has 0 spiro atoms. The van der Waals surface area contributed by atoms with Gasteiger partial charge in [0.15, 0.2) is 0 Å². The minimum absolute atomic E-state index is 0.0648. The largest absolute Gasteiger partial charge is 0.488 e. The third kappa shape index (κ3) is 5.43. The SMILES string of the molecule is O=S(=O)(NC1CCC(Nc2ncc3ccc(OC4CCOC4)cc3n2)CC1)c1ccccc1. The molecule has 2 aliphatic rings. The van der Waals surface area contributed by atoms with E-state index in [2.05, 4.69) is 20.0 Å². The maximum absolute atomic E-state index is 12.6. The molecule has 2 heterocycles. The molecule has 2 aromatic carbocycles. The molecule has 1 saturated carbocycles. The zero-order valence-electron chi connectivity index (χ0n) is 18.3.